The summed E-state index contributed by atoms with van der Waals surface area (Å²) in [6.07, 6.45) is 3.81. The number of benzene rings is 1. The molecule has 37 heavy (non-hydrogen) atoms. The molecule has 0 spiro atoms. The molecule has 2 heterocycles. The monoisotopic (exact) mass is 540 g/mol. The Morgan fingerprint density at radius 2 is 1.95 bits per heavy atom. The second-order valence-corrected chi connectivity index (χ2v) is 11.6. The fraction of sp³-hybridized carbons (Fsp3) is 0.423. The second-order valence-electron chi connectivity index (χ2n) is 9.58. The minimum Gasteiger partial charge on any atom is -0.365 e. The van der Waals surface area contributed by atoms with Crippen molar-refractivity contribution in [2.75, 3.05) is 11.1 Å². The van der Waals surface area contributed by atoms with Crippen LogP contribution in [0.1, 0.15) is 75.3 Å². The number of primary amides is 1. The van der Waals surface area contributed by atoms with E-state index in [0.29, 0.717) is 27.1 Å². The lowest BCUT2D eigenvalue weighted by molar-refractivity contribution is -0.113. The molecule has 4 rings (SSSR count). The number of rotatable bonds is 9. The third-order valence-electron chi connectivity index (χ3n) is 6.38. The summed E-state index contributed by atoms with van der Waals surface area (Å²) in [4.78, 5) is 38.9. The molecule has 0 fully saturated rings. The van der Waals surface area contributed by atoms with Crippen LogP contribution >= 0.6 is 23.1 Å². The van der Waals surface area contributed by atoms with Gasteiger partial charge in [-0.1, -0.05) is 43.3 Å². The van der Waals surface area contributed by atoms with Crippen molar-refractivity contribution in [1.29, 1.82) is 0 Å². The first-order valence-corrected chi connectivity index (χ1v) is 14.1. The summed E-state index contributed by atoms with van der Waals surface area (Å²) in [6.45, 7) is 5.96. The number of nitrogens with two attached hydrogens (primary N) is 1. The van der Waals surface area contributed by atoms with Gasteiger partial charge in [-0.25, -0.2) is 0 Å². The van der Waals surface area contributed by atoms with E-state index >= 15 is 0 Å². The van der Waals surface area contributed by atoms with Crippen LogP contribution in [-0.2, 0) is 24.7 Å². The predicted molar refractivity (Wildman–Crippen MR) is 146 cm³/mol. The van der Waals surface area contributed by atoms with Gasteiger partial charge < -0.3 is 20.9 Å². The van der Waals surface area contributed by atoms with E-state index in [1.54, 1.807) is 10.6 Å². The number of carbonyl (C=O) groups excluding carboxylic acids is 3. The normalized spacial score (nSPS) is 13.8. The number of anilines is 1. The van der Waals surface area contributed by atoms with E-state index in [-0.39, 0.29) is 29.5 Å². The average molecular weight is 541 g/mol. The van der Waals surface area contributed by atoms with Crippen molar-refractivity contribution >= 4 is 45.8 Å². The zero-order valence-electron chi connectivity index (χ0n) is 21.5. The summed E-state index contributed by atoms with van der Waals surface area (Å²) in [5.41, 5.74) is 8.67. The van der Waals surface area contributed by atoms with Crippen LogP contribution in [0.25, 0.3) is 0 Å². The van der Waals surface area contributed by atoms with E-state index < -0.39 is 5.91 Å². The number of thiophene rings is 1. The van der Waals surface area contributed by atoms with E-state index in [1.165, 1.54) is 23.1 Å². The number of carbonyl (C=O) groups is 3. The molecular weight excluding hydrogens is 508 g/mol. The maximum absolute atomic E-state index is 12.9. The van der Waals surface area contributed by atoms with Gasteiger partial charge in [-0.3, -0.25) is 14.4 Å². The van der Waals surface area contributed by atoms with Gasteiger partial charge in [-0.15, -0.1) is 21.5 Å². The molecule has 0 bridgehead atoms. The number of amides is 3. The molecule has 196 valence electrons. The van der Waals surface area contributed by atoms with E-state index in [0.717, 1.165) is 41.7 Å². The minimum atomic E-state index is -0.507. The lowest BCUT2D eigenvalue weighted by atomic mass is 9.95. The molecule has 2 aromatic heterocycles. The molecule has 0 saturated carbocycles. The Morgan fingerprint density at radius 3 is 2.65 bits per heavy atom. The molecule has 0 aliphatic heterocycles. The molecule has 1 aliphatic rings. The largest absolute Gasteiger partial charge is 0.365 e. The summed E-state index contributed by atoms with van der Waals surface area (Å²) < 4.78 is 1.80. The van der Waals surface area contributed by atoms with Crippen LogP contribution in [0.3, 0.4) is 0 Å². The number of nitrogens with one attached hydrogen (secondary N) is 2. The van der Waals surface area contributed by atoms with Crippen molar-refractivity contribution in [3.05, 3.63) is 57.2 Å². The third kappa shape index (κ3) is 6.04. The zero-order valence-corrected chi connectivity index (χ0v) is 23.1. The highest BCUT2D eigenvalue weighted by atomic mass is 32.2. The first-order chi connectivity index (χ1) is 17.7. The van der Waals surface area contributed by atoms with Crippen LogP contribution in [0.2, 0.25) is 0 Å². The Labute approximate surface area is 224 Å². The number of aromatic nitrogens is 3. The first kappa shape index (κ1) is 26.9. The zero-order chi connectivity index (χ0) is 26.7. The highest BCUT2D eigenvalue weighted by Crippen LogP contribution is 2.38. The molecule has 0 radical (unpaired) electrons. The quantitative estimate of drug-likeness (QED) is 0.351. The second kappa shape index (κ2) is 11.5. The SMILES string of the molecule is Cc1cccc(C(=O)N[C@H](c2nnc(SCC(=O)Nc3sc4c(c3C(N)=O)CCCC4)n2C)C(C)C)c1. The lowest BCUT2D eigenvalue weighted by Crippen LogP contribution is -2.33. The van der Waals surface area contributed by atoms with Gasteiger partial charge in [0.2, 0.25) is 5.91 Å². The smallest absolute Gasteiger partial charge is 0.251 e. The van der Waals surface area contributed by atoms with Gasteiger partial charge in [0, 0.05) is 17.5 Å². The Morgan fingerprint density at radius 1 is 1.19 bits per heavy atom. The molecule has 0 saturated heterocycles. The van der Waals surface area contributed by atoms with Gasteiger partial charge >= 0.3 is 0 Å². The van der Waals surface area contributed by atoms with Gasteiger partial charge in [0.05, 0.1) is 17.4 Å². The van der Waals surface area contributed by atoms with E-state index in [2.05, 4.69) is 20.8 Å². The summed E-state index contributed by atoms with van der Waals surface area (Å²) in [5.74, 6) is -0.162. The Hall–Kier alpha value is -3.18. The van der Waals surface area contributed by atoms with Crippen molar-refractivity contribution < 1.29 is 14.4 Å². The van der Waals surface area contributed by atoms with Crippen molar-refractivity contribution in [3.8, 4) is 0 Å². The summed E-state index contributed by atoms with van der Waals surface area (Å²) in [7, 11) is 1.82. The number of hydrogen-bond donors (Lipinski definition) is 3. The van der Waals surface area contributed by atoms with Crippen LogP contribution in [-0.4, -0.2) is 38.2 Å². The van der Waals surface area contributed by atoms with E-state index in [9.17, 15) is 14.4 Å². The van der Waals surface area contributed by atoms with E-state index in [4.69, 9.17) is 5.73 Å². The highest BCUT2D eigenvalue weighted by molar-refractivity contribution is 7.99. The summed E-state index contributed by atoms with van der Waals surface area (Å²) >= 11 is 2.69. The van der Waals surface area contributed by atoms with E-state index in [1.807, 2.05) is 46.0 Å². The van der Waals surface area contributed by atoms with Crippen LogP contribution in [0.5, 0.6) is 0 Å². The van der Waals surface area contributed by atoms with Gasteiger partial charge in [0.25, 0.3) is 11.8 Å². The van der Waals surface area contributed by atoms with Crippen LogP contribution in [0, 0.1) is 12.8 Å². The van der Waals surface area contributed by atoms with Crippen LogP contribution in [0.4, 0.5) is 5.00 Å². The lowest BCUT2D eigenvalue weighted by Gasteiger charge is -2.21. The maximum Gasteiger partial charge on any atom is 0.251 e. The van der Waals surface area contributed by atoms with Crippen LogP contribution < -0.4 is 16.4 Å². The predicted octanol–water partition coefficient (Wildman–Crippen LogP) is 4.02. The Bertz CT molecular complexity index is 1330. The number of nitrogens with zero attached hydrogens (tertiary/aromatic N) is 3. The van der Waals surface area contributed by atoms with Crippen molar-refractivity contribution in [2.24, 2.45) is 18.7 Å². The molecule has 9 nitrogen and oxygen atoms in total. The highest BCUT2D eigenvalue weighted by Gasteiger charge is 2.27. The Balaban J connectivity index is 1.43. The molecule has 3 aromatic rings. The molecule has 1 aliphatic carbocycles. The summed E-state index contributed by atoms with van der Waals surface area (Å²) in [5, 5.41) is 15.6. The van der Waals surface area contributed by atoms with Gasteiger partial charge in [-0.2, -0.15) is 0 Å². The molecule has 11 heteroatoms. The average Bonchev–Trinajstić information content (AvgIpc) is 3.40. The fourth-order valence-corrected chi connectivity index (χ4v) is 6.50. The molecule has 1 aromatic carbocycles. The number of thioether (sulfide) groups is 1. The fourth-order valence-electron chi connectivity index (χ4n) is 4.47. The maximum atomic E-state index is 12.9. The molecule has 3 amide bonds. The topological polar surface area (TPSA) is 132 Å². The number of fused-ring (bicyclic) bond motifs is 1. The standard InChI is InChI=1S/C26H32N6O3S2/c1-14(2)21(29-24(35)16-9-7-8-15(3)12-16)23-30-31-26(32(23)4)36-13-19(33)28-25-20(22(27)34)17-10-5-6-11-18(17)37-25/h7-9,12,14,21H,5-6,10-11,13H2,1-4H3,(H2,27,34)(H,28,33)(H,29,35)/t21-/m0/s1. The van der Waals surface area contributed by atoms with Gasteiger partial charge in [-0.05, 0) is 56.2 Å². The van der Waals surface area contributed by atoms with Crippen LogP contribution in [0.15, 0.2) is 29.4 Å². The van der Waals surface area contributed by atoms with Crippen molar-refractivity contribution in [3.63, 3.8) is 0 Å². The number of aryl methyl sites for hydroxylation is 2. The first-order valence-electron chi connectivity index (χ1n) is 12.3. The van der Waals surface area contributed by atoms with Gasteiger partial charge in [0.15, 0.2) is 11.0 Å². The summed E-state index contributed by atoms with van der Waals surface area (Å²) in [6, 6.07) is 7.07. The Kier molecular flexibility index (Phi) is 8.33. The molecule has 1 atom stereocenters. The van der Waals surface area contributed by atoms with Crippen molar-refractivity contribution in [2.45, 2.75) is 57.7 Å². The molecular formula is C26H32N6O3S2. The van der Waals surface area contributed by atoms with Crippen molar-refractivity contribution in [1.82, 2.24) is 20.1 Å². The third-order valence-corrected chi connectivity index (χ3v) is 8.61. The molecule has 4 N–H and O–H groups in total. The minimum absolute atomic E-state index is 0.0647. The van der Waals surface area contributed by atoms with Gasteiger partial charge in [0.1, 0.15) is 5.00 Å². The number of hydrogen-bond acceptors (Lipinski definition) is 7. The molecule has 0 unspecified atom stereocenters.